The molecule has 6 atom stereocenters. The first-order valence-electron chi connectivity index (χ1n) is 19.2. The van der Waals surface area contributed by atoms with Gasteiger partial charge in [0.15, 0.2) is 11.5 Å². The highest BCUT2D eigenvalue weighted by atomic mass is 16.5. The number of hydrogen-bond acceptors (Lipinski definition) is 12. The summed E-state index contributed by atoms with van der Waals surface area (Å²) in [5.74, 6) is -2.13. The molecule has 6 rings (SSSR count). The second kappa shape index (κ2) is 19.2. The number of carbonyl (C=O) groups excluding carboxylic acids is 1. The molecule has 0 spiro atoms. The van der Waals surface area contributed by atoms with Crippen molar-refractivity contribution in [1.82, 2.24) is 20.9 Å². The third kappa shape index (κ3) is 11.1. The average Bonchev–Trinajstić information content (AvgIpc) is 4.01. The summed E-state index contributed by atoms with van der Waals surface area (Å²) in [5, 5.41) is 39.1. The second-order valence-electron chi connectivity index (χ2n) is 14.9. The smallest absolute Gasteiger partial charge is 0.307 e. The Kier molecular flexibility index (Phi) is 13.9. The highest BCUT2D eigenvalue weighted by Crippen LogP contribution is 2.28. The molecule has 16 heteroatoms. The van der Waals surface area contributed by atoms with Crippen molar-refractivity contribution in [3.05, 3.63) is 59.8 Å². The predicted molar refractivity (Wildman–Crippen MR) is 195 cm³/mol. The van der Waals surface area contributed by atoms with Gasteiger partial charge >= 0.3 is 17.9 Å². The number of nitrogens with zero attached hydrogens (tertiary/aromatic N) is 1. The van der Waals surface area contributed by atoms with Crippen LogP contribution in [0, 0.1) is 35.5 Å². The number of carbonyl (C=O) groups is 4. The highest BCUT2D eigenvalue weighted by molar-refractivity contribution is 5.78. The van der Waals surface area contributed by atoms with E-state index in [2.05, 4.69) is 16.0 Å². The molecule has 16 nitrogen and oxygen atoms in total. The van der Waals surface area contributed by atoms with E-state index in [1.54, 1.807) is 23.1 Å². The van der Waals surface area contributed by atoms with Crippen molar-refractivity contribution in [2.24, 2.45) is 35.5 Å². The number of hydrogen-bond donors (Lipinski definition) is 6. The zero-order valence-corrected chi connectivity index (χ0v) is 30.9. The Morgan fingerprint density at radius 2 is 1.04 bits per heavy atom. The number of furan rings is 3. The number of ether oxygens (including phenoxy) is 2. The number of rotatable bonds is 22. The van der Waals surface area contributed by atoms with Gasteiger partial charge in [-0.1, -0.05) is 0 Å². The van der Waals surface area contributed by atoms with Crippen LogP contribution in [-0.4, -0.2) is 110 Å². The lowest BCUT2D eigenvalue weighted by atomic mass is 9.88. The molecular formula is C39H52N4O12. The maximum atomic E-state index is 13.7. The van der Waals surface area contributed by atoms with Crippen LogP contribution >= 0.6 is 0 Å². The van der Waals surface area contributed by atoms with Gasteiger partial charge in [0.05, 0.1) is 43.5 Å². The van der Waals surface area contributed by atoms with Gasteiger partial charge in [-0.2, -0.15) is 0 Å². The van der Waals surface area contributed by atoms with Crippen molar-refractivity contribution < 1.29 is 57.2 Å². The fourth-order valence-corrected chi connectivity index (χ4v) is 7.99. The molecule has 6 heterocycles. The largest absolute Gasteiger partial charge is 0.488 e. The molecule has 3 fully saturated rings. The van der Waals surface area contributed by atoms with Crippen LogP contribution in [0.2, 0.25) is 0 Å². The highest BCUT2D eigenvalue weighted by Gasteiger charge is 2.34. The number of aliphatic carboxylic acids is 3. The van der Waals surface area contributed by atoms with Gasteiger partial charge in [0.25, 0.3) is 0 Å². The summed E-state index contributed by atoms with van der Waals surface area (Å²) in [6.07, 6.45) is 7.46. The maximum absolute atomic E-state index is 13.7. The van der Waals surface area contributed by atoms with Crippen molar-refractivity contribution in [2.45, 2.75) is 44.9 Å². The molecule has 3 aromatic rings. The molecule has 0 radical (unpaired) electrons. The van der Waals surface area contributed by atoms with Gasteiger partial charge < -0.3 is 58.9 Å². The molecule has 0 bridgehead atoms. The molecule has 0 unspecified atom stereocenters. The molecule has 0 aromatic carbocycles. The van der Waals surface area contributed by atoms with E-state index in [1.165, 1.54) is 18.8 Å². The first-order chi connectivity index (χ1) is 26.6. The Hall–Kier alpha value is -4.80. The summed E-state index contributed by atoms with van der Waals surface area (Å²) in [6.45, 7) is 4.95. The summed E-state index contributed by atoms with van der Waals surface area (Å²) < 4.78 is 28.9. The van der Waals surface area contributed by atoms with Crippen LogP contribution in [0.5, 0.6) is 11.5 Å². The van der Waals surface area contributed by atoms with Crippen molar-refractivity contribution in [2.75, 3.05) is 65.6 Å². The maximum Gasteiger partial charge on any atom is 0.307 e. The van der Waals surface area contributed by atoms with Crippen LogP contribution in [0.3, 0.4) is 0 Å². The molecular weight excluding hydrogens is 716 g/mol. The van der Waals surface area contributed by atoms with Crippen molar-refractivity contribution >= 4 is 23.8 Å². The Labute approximate surface area is 318 Å². The molecule has 300 valence electrons. The molecule has 6 N–H and O–H groups in total. The van der Waals surface area contributed by atoms with Gasteiger partial charge in [-0.15, -0.1) is 0 Å². The summed E-state index contributed by atoms with van der Waals surface area (Å²) in [7, 11) is 0. The number of carboxylic acids is 3. The van der Waals surface area contributed by atoms with E-state index in [9.17, 15) is 34.5 Å². The zero-order valence-electron chi connectivity index (χ0n) is 30.9. The SMILES string of the molecule is O=C(O)[C@@H](Cc1cc(CC(=O)N(CCOc2coc(C[C@H](C(=O)O)[C@H]3CCNC3)c2)CCOc2coc(C[C@H](C(=O)O)[C@H]3CCNC3)c2)co1)[C@H]1CCNC1. The van der Waals surface area contributed by atoms with Gasteiger partial charge in [-0.05, 0) is 87.9 Å². The summed E-state index contributed by atoms with van der Waals surface area (Å²) >= 11 is 0. The lowest BCUT2D eigenvalue weighted by Gasteiger charge is -2.22. The third-order valence-electron chi connectivity index (χ3n) is 11.2. The lowest BCUT2D eigenvalue weighted by Crippen LogP contribution is -2.38. The van der Waals surface area contributed by atoms with Crippen LogP contribution in [-0.2, 0) is 44.9 Å². The molecule has 3 aliphatic heterocycles. The van der Waals surface area contributed by atoms with E-state index in [0.29, 0.717) is 54.0 Å². The minimum Gasteiger partial charge on any atom is -0.488 e. The minimum absolute atomic E-state index is 0.00664. The van der Waals surface area contributed by atoms with E-state index < -0.39 is 35.7 Å². The fourth-order valence-electron chi connectivity index (χ4n) is 7.99. The minimum atomic E-state index is -0.871. The van der Waals surface area contributed by atoms with E-state index in [0.717, 1.165) is 38.9 Å². The quantitative estimate of drug-likeness (QED) is 0.0864. The molecule has 3 aliphatic rings. The van der Waals surface area contributed by atoms with Crippen LogP contribution in [0.1, 0.15) is 42.1 Å². The Morgan fingerprint density at radius 1 is 0.636 bits per heavy atom. The fraction of sp³-hybridized carbons (Fsp3) is 0.590. The average molecular weight is 769 g/mol. The summed E-state index contributed by atoms with van der Waals surface area (Å²) in [4.78, 5) is 51.2. The zero-order chi connectivity index (χ0) is 38.7. The predicted octanol–water partition coefficient (Wildman–Crippen LogP) is 2.55. The Balaban J connectivity index is 1.05. The van der Waals surface area contributed by atoms with E-state index in [4.69, 9.17) is 22.7 Å². The Morgan fingerprint density at radius 3 is 1.42 bits per heavy atom. The summed E-state index contributed by atoms with van der Waals surface area (Å²) in [6, 6.07) is 5.10. The molecule has 1 amide bonds. The molecule has 0 aliphatic carbocycles. The van der Waals surface area contributed by atoms with Crippen LogP contribution in [0.15, 0.2) is 50.2 Å². The van der Waals surface area contributed by atoms with Gasteiger partial charge in [-0.3, -0.25) is 19.2 Å². The van der Waals surface area contributed by atoms with Crippen LogP contribution in [0.25, 0.3) is 0 Å². The van der Waals surface area contributed by atoms with Gasteiger partial charge in [-0.25, -0.2) is 0 Å². The van der Waals surface area contributed by atoms with Crippen molar-refractivity contribution in [3.8, 4) is 11.5 Å². The van der Waals surface area contributed by atoms with E-state index >= 15 is 0 Å². The first-order valence-corrected chi connectivity index (χ1v) is 19.2. The summed E-state index contributed by atoms with van der Waals surface area (Å²) in [5.41, 5.74) is 0.621. The first kappa shape index (κ1) is 39.9. The van der Waals surface area contributed by atoms with Gasteiger partial charge in [0, 0.05) is 31.4 Å². The van der Waals surface area contributed by atoms with Crippen LogP contribution in [0.4, 0.5) is 0 Å². The van der Waals surface area contributed by atoms with Crippen LogP contribution < -0.4 is 25.4 Å². The monoisotopic (exact) mass is 768 g/mol. The molecule has 55 heavy (non-hydrogen) atoms. The molecule has 3 aromatic heterocycles. The third-order valence-corrected chi connectivity index (χ3v) is 11.2. The number of carboxylic acid groups (broad SMARTS) is 3. The lowest BCUT2D eigenvalue weighted by molar-refractivity contribution is -0.144. The molecule has 3 saturated heterocycles. The standard InChI is InChI=1S/C39H52N4O12/c44-36(12-24-11-28(53-21-24)15-33(37(45)46)25-1-4-40-18-25)43(7-9-51-31-13-29(54-22-31)16-34(38(47)48)26-2-5-41-19-26)8-10-52-32-14-30(55-23-32)17-35(39(49)50)27-3-6-42-20-27/h11,13-14,21-23,25-27,33-35,40-42H,1-10,12,15-20H2,(H,45,46)(H,47,48)(H,49,50)/t25-,26-,27-,33-,34-,35-/m0/s1. The van der Waals surface area contributed by atoms with Crippen molar-refractivity contribution in [3.63, 3.8) is 0 Å². The normalized spacial score (nSPS) is 21.3. The van der Waals surface area contributed by atoms with E-state index in [-0.39, 0.29) is 75.6 Å². The number of nitrogens with one attached hydrogen (secondary N) is 3. The van der Waals surface area contributed by atoms with Gasteiger partial charge in [0.1, 0.15) is 43.0 Å². The second-order valence-corrected chi connectivity index (χ2v) is 14.9. The molecule has 0 saturated carbocycles. The van der Waals surface area contributed by atoms with E-state index in [1.807, 2.05) is 0 Å². The topological polar surface area (TPSA) is 226 Å². The van der Waals surface area contributed by atoms with Gasteiger partial charge in [0.2, 0.25) is 5.91 Å². The van der Waals surface area contributed by atoms with Crippen molar-refractivity contribution in [1.29, 1.82) is 0 Å². The number of amides is 1. The Bertz CT molecular complexity index is 1640.